The maximum absolute atomic E-state index is 13.2. The van der Waals surface area contributed by atoms with Crippen LogP contribution in [0.3, 0.4) is 0 Å². The first-order valence-corrected chi connectivity index (χ1v) is 11.3. The summed E-state index contributed by atoms with van der Waals surface area (Å²) in [6.07, 6.45) is 3.47. The number of hydrogen-bond acceptors (Lipinski definition) is 6. The molecule has 2 aromatic heterocycles. The zero-order valence-corrected chi connectivity index (χ0v) is 18.7. The van der Waals surface area contributed by atoms with Gasteiger partial charge in [-0.1, -0.05) is 19.9 Å². The van der Waals surface area contributed by atoms with Gasteiger partial charge >= 0.3 is 0 Å². The normalized spacial score (nSPS) is 18.3. The van der Waals surface area contributed by atoms with E-state index < -0.39 is 6.04 Å². The molecule has 1 fully saturated rings. The van der Waals surface area contributed by atoms with Crippen LogP contribution in [0.15, 0.2) is 42.0 Å². The average Bonchev–Trinajstić information content (AvgIpc) is 3.45. The van der Waals surface area contributed by atoms with Crippen molar-refractivity contribution in [2.45, 2.75) is 38.9 Å². The van der Waals surface area contributed by atoms with Gasteiger partial charge in [0.25, 0.3) is 5.91 Å². The number of nitrogens with two attached hydrogens (primary N) is 1. The molecular weight excluding hydrogens is 414 g/mol. The highest BCUT2D eigenvalue weighted by atomic mass is 32.1. The molecule has 0 bridgehead atoms. The minimum atomic E-state index is -0.671. The summed E-state index contributed by atoms with van der Waals surface area (Å²) in [5.41, 5.74) is 5.95. The van der Waals surface area contributed by atoms with E-state index in [-0.39, 0.29) is 36.2 Å². The Bertz CT molecular complexity index is 888. The predicted molar refractivity (Wildman–Crippen MR) is 119 cm³/mol. The quantitative estimate of drug-likeness (QED) is 0.643. The number of amides is 3. The Morgan fingerprint density at radius 2 is 2.13 bits per heavy atom. The molecule has 3 amide bonds. The molecule has 0 spiro atoms. The third-order valence-corrected chi connectivity index (χ3v) is 6.18. The molecular formula is C22H29N5O3S. The van der Waals surface area contributed by atoms with E-state index in [1.54, 1.807) is 34.6 Å². The second-order valence-electron chi connectivity index (χ2n) is 7.88. The maximum atomic E-state index is 13.2. The van der Waals surface area contributed by atoms with Crippen molar-refractivity contribution >= 4 is 29.1 Å². The van der Waals surface area contributed by atoms with Crippen LogP contribution in [0.2, 0.25) is 0 Å². The summed E-state index contributed by atoms with van der Waals surface area (Å²) in [6, 6.07) is 6.38. The lowest BCUT2D eigenvalue weighted by Gasteiger charge is -2.30. The lowest BCUT2D eigenvalue weighted by atomic mass is 10.1. The standard InChI is InChI=1S/C22H29N5O3S/c1-15(2)21(29)26(14-18-6-4-10-31-18)17-11-19(20(28)25-9-7-23)27(13-17)22(30)16-5-3-8-24-12-16/h3-6,8,10,12,15,17,19H,7,9,11,13-14,23H2,1-2H3,(H,25,28). The largest absolute Gasteiger partial charge is 0.353 e. The van der Waals surface area contributed by atoms with E-state index in [4.69, 9.17) is 5.73 Å². The fraction of sp³-hybridized carbons (Fsp3) is 0.455. The fourth-order valence-corrected chi connectivity index (χ4v) is 4.47. The number of nitrogens with zero attached hydrogens (tertiary/aromatic N) is 3. The number of rotatable bonds is 8. The molecule has 1 saturated heterocycles. The van der Waals surface area contributed by atoms with Gasteiger partial charge in [-0.25, -0.2) is 0 Å². The predicted octanol–water partition coefficient (Wildman–Crippen LogP) is 1.49. The number of thiophene rings is 1. The Labute approximate surface area is 186 Å². The summed E-state index contributed by atoms with van der Waals surface area (Å²) in [5.74, 6) is -0.697. The van der Waals surface area contributed by atoms with Crippen LogP contribution in [0.5, 0.6) is 0 Å². The summed E-state index contributed by atoms with van der Waals surface area (Å²) in [5, 5.41) is 4.77. The van der Waals surface area contributed by atoms with Gasteiger partial charge in [-0.3, -0.25) is 19.4 Å². The van der Waals surface area contributed by atoms with Gasteiger partial charge in [-0.2, -0.15) is 0 Å². The van der Waals surface area contributed by atoms with Crippen molar-refractivity contribution in [2.75, 3.05) is 19.6 Å². The van der Waals surface area contributed by atoms with Crippen molar-refractivity contribution in [2.24, 2.45) is 11.7 Å². The van der Waals surface area contributed by atoms with Gasteiger partial charge in [0, 0.05) is 42.8 Å². The lowest BCUT2D eigenvalue weighted by Crippen LogP contribution is -2.47. The van der Waals surface area contributed by atoms with E-state index in [2.05, 4.69) is 10.3 Å². The number of carbonyl (C=O) groups is 3. The Morgan fingerprint density at radius 1 is 1.32 bits per heavy atom. The summed E-state index contributed by atoms with van der Waals surface area (Å²) in [6.45, 7) is 5.13. The van der Waals surface area contributed by atoms with Gasteiger partial charge in [-0.05, 0) is 30.0 Å². The number of pyridine rings is 1. The van der Waals surface area contributed by atoms with Crippen molar-refractivity contribution in [1.82, 2.24) is 20.1 Å². The number of likely N-dealkylation sites (tertiary alicyclic amines) is 1. The zero-order chi connectivity index (χ0) is 22.4. The topological polar surface area (TPSA) is 109 Å². The molecule has 1 aliphatic rings. The van der Waals surface area contributed by atoms with E-state index >= 15 is 0 Å². The van der Waals surface area contributed by atoms with Crippen LogP contribution in [0.4, 0.5) is 0 Å². The van der Waals surface area contributed by atoms with E-state index in [9.17, 15) is 14.4 Å². The summed E-state index contributed by atoms with van der Waals surface area (Å²) in [4.78, 5) is 47.6. The fourth-order valence-electron chi connectivity index (χ4n) is 3.77. The first kappa shape index (κ1) is 22.9. The van der Waals surface area contributed by atoms with Gasteiger partial charge in [0.05, 0.1) is 18.2 Å². The highest BCUT2D eigenvalue weighted by Gasteiger charge is 2.43. The van der Waals surface area contributed by atoms with Crippen LogP contribution in [-0.4, -0.2) is 64.2 Å². The number of nitrogens with one attached hydrogen (secondary N) is 1. The number of carbonyl (C=O) groups excluding carboxylic acids is 3. The monoisotopic (exact) mass is 443 g/mol. The van der Waals surface area contributed by atoms with Crippen LogP contribution in [0.1, 0.15) is 35.5 Å². The third-order valence-electron chi connectivity index (χ3n) is 5.32. The van der Waals surface area contributed by atoms with Crippen molar-refractivity contribution in [1.29, 1.82) is 0 Å². The van der Waals surface area contributed by atoms with E-state index in [0.29, 0.717) is 31.6 Å². The summed E-state index contributed by atoms with van der Waals surface area (Å²) >= 11 is 1.59. The molecule has 3 rings (SSSR count). The smallest absolute Gasteiger partial charge is 0.256 e. The third kappa shape index (κ3) is 5.48. The van der Waals surface area contributed by atoms with Crippen LogP contribution in [0, 0.1) is 5.92 Å². The van der Waals surface area contributed by atoms with Gasteiger partial charge in [0.2, 0.25) is 11.8 Å². The molecule has 31 heavy (non-hydrogen) atoms. The summed E-state index contributed by atoms with van der Waals surface area (Å²) < 4.78 is 0. The molecule has 3 N–H and O–H groups in total. The molecule has 8 nitrogen and oxygen atoms in total. The highest BCUT2D eigenvalue weighted by Crippen LogP contribution is 2.28. The molecule has 2 atom stereocenters. The molecule has 0 saturated carbocycles. The molecule has 2 aromatic rings. The second kappa shape index (κ2) is 10.5. The zero-order valence-electron chi connectivity index (χ0n) is 17.9. The highest BCUT2D eigenvalue weighted by molar-refractivity contribution is 7.09. The molecule has 2 unspecified atom stereocenters. The van der Waals surface area contributed by atoms with Crippen LogP contribution in [0.25, 0.3) is 0 Å². The number of aromatic nitrogens is 1. The SMILES string of the molecule is CC(C)C(=O)N(Cc1cccs1)C1CC(C(=O)NCCN)N(C(=O)c2cccnc2)C1. The maximum Gasteiger partial charge on any atom is 0.256 e. The van der Waals surface area contributed by atoms with Gasteiger partial charge in [0.1, 0.15) is 6.04 Å². The van der Waals surface area contributed by atoms with Gasteiger partial charge in [0.15, 0.2) is 0 Å². The molecule has 3 heterocycles. The Kier molecular flexibility index (Phi) is 7.75. The summed E-state index contributed by atoms with van der Waals surface area (Å²) in [7, 11) is 0. The van der Waals surface area contributed by atoms with Crippen molar-refractivity contribution in [3.05, 3.63) is 52.5 Å². The van der Waals surface area contributed by atoms with E-state index in [1.165, 1.54) is 6.20 Å². The van der Waals surface area contributed by atoms with Crippen molar-refractivity contribution < 1.29 is 14.4 Å². The molecule has 1 aliphatic heterocycles. The Balaban J connectivity index is 1.88. The average molecular weight is 444 g/mol. The molecule has 9 heteroatoms. The Morgan fingerprint density at radius 3 is 2.74 bits per heavy atom. The van der Waals surface area contributed by atoms with E-state index in [1.807, 2.05) is 36.3 Å². The van der Waals surface area contributed by atoms with Crippen molar-refractivity contribution in [3.8, 4) is 0 Å². The van der Waals surface area contributed by atoms with Gasteiger partial charge in [-0.15, -0.1) is 11.3 Å². The number of hydrogen-bond donors (Lipinski definition) is 2. The van der Waals surface area contributed by atoms with Gasteiger partial charge < -0.3 is 20.9 Å². The molecule has 0 aliphatic carbocycles. The minimum Gasteiger partial charge on any atom is -0.353 e. The molecule has 0 aromatic carbocycles. The Hall–Kier alpha value is -2.78. The first-order valence-electron chi connectivity index (χ1n) is 10.4. The van der Waals surface area contributed by atoms with Crippen LogP contribution < -0.4 is 11.1 Å². The van der Waals surface area contributed by atoms with Crippen molar-refractivity contribution in [3.63, 3.8) is 0 Å². The van der Waals surface area contributed by atoms with E-state index in [0.717, 1.165) is 4.88 Å². The first-order chi connectivity index (χ1) is 14.9. The molecule has 0 radical (unpaired) electrons. The lowest BCUT2D eigenvalue weighted by molar-refractivity contribution is -0.137. The molecule has 166 valence electrons. The van der Waals surface area contributed by atoms with Crippen LogP contribution >= 0.6 is 11.3 Å². The van der Waals surface area contributed by atoms with Crippen LogP contribution in [-0.2, 0) is 16.1 Å². The minimum absolute atomic E-state index is 0.00944. The second-order valence-corrected chi connectivity index (χ2v) is 8.92.